The largest absolute Gasteiger partial charge is 0.466 e. The van der Waals surface area contributed by atoms with Gasteiger partial charge in [0.15, 0.2) is 6.10 Å². The monoisotopic (exact) mass is 461 g/mol. The van der Waals surface area contributed by atoms with Crippen molar-refractivity contribution in [3.05, 3.63) is 26.6 Å². The lowest BCUT2D eigenvalue weighted by atomic mass is 9.97. The van der Waals surface area contributed by atoms with Gasteiger partial charge in [-0.25, -0.2) is 9.78 Å². The fourth-order valence-electron chi connectivity index (χ4n) is 4.39. The summed E-state index contributed by atoms with van der Waals surface area (Å²) in [5.41, 5.74) is 0.425. The minimum atomic E-state index is -0.967. The molecule has 1 saturated heterocycles. The van der Waals surface area contributed by atoms with Crippen molar-refractivity contribution in [3.63, 3.8) is 0 Å². The lowest BCUT2D eigenvalue weighted by Crippen LogP contribution is -2.45. The third-order valence-electron chi connectivity index (χ3n) is 6.16. The Hall–Kier alpha value is -2.75. The van der Waals surface area contributed by atoms with Crippen LogP contribution in [-0.2, 0) is 32.0 Å². The number of esters is 2. The molecular weight excluding hydrogens is 434 g/mol. The van der Waals surface area contributed by atoms with Crippen molar-refractivity contribution in [3.8, 4) is 0 Å². The normalized spacial score (nSPS) is 17.3. The van der Waals surface area contributed by atoms with Crippen LogP contribution < -0.4 is 5.56 Å². The topological polar surface area (TPSA) is 108 Å². The zero-order valence-corrected chi connectivity index (χ0v) is 19.3. The number of carbonyl (C=O) groups excluding carboxylic acids is 3. The molecule has 2 aromatic rings. The maximum Gasteiger partial charge on any atom is 0.349 e. The molecule has 1 fully saturated rings. The van der Waals surface area contributed by atoms with Crippen LogP contribution in [0.25, 0.3) is 10.2 Å². The second-order valence-corrected chi connectivity index (χ2v) is 9.22. The summed E-state index contributed by atoms with van der Waals surface area (Å²) in [6, 6.07) is 0. The number of likely N-dealkylation sites (tertiary alicyclic amines) is 1. The third-order valence-corrected chi connectivity index (χ3v) is 7.32. The molecule has 32 heavy (non-hydrogen) atoms. The number of hydrogen-bond donors (Lipinski definition) is 0. The van der Waals surface area contributed by atoms with Crippen molar-refractivity contribution in [1.29, 1.82) is 0 Å². The number of aryl methyl sites for hydroxylation is 2. The van der Waals surface area contributed by atoms with Crippen LogP contribution in [0.15, 0.2) is 4.79 Å². The first-order valence-corrected chi connectivity index (χ1v) is 11.8. The fourth-order valence-corrected chi connectivity index (χ4v) is 5.46. The van der Waals surface area contributed by atoms with Gasteiger partial charge < -0.3 is 14.4 Å². The summed E-state index contributed by atoms with van der Waals surface area (Å²) < 4.78 is 12.2. The number of piperidine rings is 1. The van der Waals surface area contributed by atoms with Crippen LogP contribution in [0.5, 0.6) is 0 Å². The minimum Gasteiger partial charge on any atom is -0.466 e. The van der Waals surface area contributed by atoms with Gasteiger partial charge in [0, 0.05) is 26.1 Å². The average Bonchev–Trinajstić information content (AvgIpc) is 3.38. The first-order chi connectivity index (χ1) is 15.3. The summed E-state index contributed by atoms with van der Waals surface area (Å²) in [4.78, 5) is 57.3. The van der Waals surface area contributed by atoms with Gasteiger partial charge in [0.2, 0.25) is 0 Å². The Morgan fingerprint density at radius 3 is 2.62 bits per heavy atom. The zero-order valence-electron chi connectivity index (χ0n) is 18.5. The van der Waals surface area contributed by atoms with E-state index in [4.69, 9.17) is 9.47 Å². The van der Waals surface area contributed by atoms with Crippen molar-refractivity contribution >= 4 is 39.4 Å². The van der Waals surface area contributed by atoms with Crippen molar-refractivity contribution in [2.45, 2.75) is 59.1 Å². The van der Waals surface area contributed by atoms with E-state index in [1.807, 2.05) is 0 Å². The molecule has 4 rings (SSSR count). The van der Waals surface area contributed by atoms with Gasteiger partial charge in [0.05, 0.1) is 17.9 Å². The zero-order chi connectivity index (χ0) is 23.0. The molecule has 4 heterocycles. The number of nitrogens with zero attached hydrogens (tertiary/aromatic N) is 3. The van der Waals surface area contributed by atoms with Crippen molar-refractivity contribution < 1.29 is 23.9 Å². The van der Waals surface area contributed by atoms with E-state index in [1.54, 1.807) is 30.2 Å². The predicted molar refractivity (Wildman–Crippen MR) is 118 cm³/mol. The minimum absolute atomic E-state index is 0.121. The average molecular weight is 462 g/mol. The van der Waals surface area contributed by atoms with Gasteiger partial charge >= 0.3 is 11.9 Å². The number of rotatable bonds is 5. The van der Waals surface area contributed by atoms with Crippen molar-refractivity contribution in [2.24, 2.45) is 5.92 Å². The quantitative estimate of drug-likeness (QED) is 0.627. The number of ether oxygens (including phenoxy) is 2. The molecule has 0 bridgehead atoms. The third kappa shape index (κ3) is 4.03. The summed E-state index contributed by atoms with van der Waals surface area (Å²) in [7, 11) is 0. The van der Waals surface area contributed by atoms with Gasteiger partial charge in [-0.2, -0.15) is 0 Å². The molecule has 9 nitrogen and oxygen atoms in total. The van der Waals surface area contributed by atoms with Crippen LogP contribution in [0, 0.1) is 12.8 Å². The molecule has 0 spiro atoms. The van der Waals surface area contributed by atoms with Gasteiger partial charge in [-0.3, -0.25) is 19.0 Å². The number of aromatic nitrogens is 2. The smallest absolute Gasteiger partial charge is 0.349 e. The summed E-state index contributed by atoms with van der Waals surface area (Å²) in [6.45, 7) is 6.84. The van der Waals surface area contributed by atoms with Crippen LogP contribution in [0.2, 0.25) is 0 Å². The molecule has 0 aromatic carbocycles. The standard InChI is InChI=1S/C22H27N3O6S/c1-4-30-21(28)14-7-10-24(11-8-14)19(26)13(3)31-22(29)17-12(2)16-18(32-17)23-15-6-5-9-25(15)20(16)27/h13-14H,4-11H2,1-3H3. The first-order valence-electron chi connectivity index (χ1n) is 11.0. The van der Waals surface area contributed by atoms with Crippen LogP contribution in [0.1, 0.15) is 54.2 Å². The molecule has 2 aromatic heterocycles. The Bertz CT molecular complexity index is 1130. The number of hydrogen-bond acceptors (Lipinski definition) is 8. The van der Waals surface area contributed by atoms with Crippen LogP contribution >= 0.6 is 11.3 Å². The van der Waals surface area contributed by atoms with Gasteiger partial charge in [-0.05, 0) is 45.6 Å². The molecule has 1 unspecified atom stereocenters. The van der Waals surface area contributed by atoms with E-state index in [9.17, 15) is 19.2 Å². The highest BCUT2D eigenvalue weighted by Crippen LogP contribution is 2.29. The summed E-state index contributed by atoms with van der Waals surface area (Å²) >= 11 is 1.13. The number of thiophene rings is 1. The molecule has 0 N–H and O–H groups in total. The van der Waals surface area contributed by atoms with Crippen LogP contribution in [-0.4, -0.2) is 58.1 Å². The molecular formula is C22H27N3O6S. The second kappa shape index (κ2) is 9.01. The highest BCUT2D eigenvalue weighted by Gasteiger charge is 2.32. The molecule has 2 aliphatic heterocycles. The van der Waals surface area contributed by atoms with E-state index >= 15 is 0 Å². The first kappa shape index (κ1) is 22.4. The van der Waals surface area contributed by atoms with Gasteiger partial charge in [-0.15, -0.1) is 11.3 Å². The van der Waals surface area contributed by atoms with Gasteiger partial charge in [0.25, 0.3) is 11.5 Å². The van der Waals surface area contributed by atoms with E-state index in [-0.39, 0.29) is 23.4 Å². The molecule has 10 heteroatoms. The Morgan fingerprint density at radius 1 is 1.22 bits per heavy atom. The molecule has 172 valence electrons. The fraction of sp³-hybridized carbons (Fsp3) is 0.591. The van der Waals surface area contributed by atoms with Crippen LogP contribution in [0.4, 0.5) is 0 Å². The molecule has 1 atom stereocenters. The molecule has 0 saturated carbocycles. The highest BCUT2D eigenvalue weighted by molar-refractivity contribution is 7.20. The number of carbonyl (C=O) groups is 3. The maximum atomic E-state index is 12.8. The Morgan fingerprint density at radius 2 is 1.94 bits per heavy atom. The number of fused-ring (bicyclic) bond motifs is 2. The lowest BCUT2D eigenvalue weighted by Gasteiger charge is -2.32. The summed E-state index contributed by atoms with van der Waals surface area (Å²) in [5, 5.41) is 0.451. The molecule has 1 amide bonds. The van der Waals surface area contributed by atoms with Crippen molar-refractivity contribution in [2.75, 3.05) is 19.7 Å². The highest BCUT2D eigenvalue weighted by atomic mass is 32.1. The van der Waals surface area contributed by atoms with Gasteiger partial charge in [0.1, 0.15) is 15.5 Å². The predicted octanol–water partition coefficient (Wildman–Crippen LogP) is 2.06. The summed E-state index contributed by atoms with van der Waals surface area (Å²) in [6.07, 6.45) is 1.73. The van der Waals surface area contributed by atoms with E-state index in [1.165, 1.54) is 0 Å². The Kier molecular flexibility index (Phi) is 6.32. The van der Waals surface area contributed by atoms with Crippen LogP contribution in [0.3, 0.4) is 0 Å². The SMILES string of the molecule is CCOC(=O)C1CCN(C(=O)C(C)OC(=O)c2sc3nc4n(c(=O)c3c2C)CCC4)CC1. The summed E-state index contributed by atoms with van der Waals surface area (Å²) in [5.74, 6) is -0.603. The van der Waals surface area contributed by atoms with E-state index in [0.29, 0.717) is 59.7 Å². The molecule has 0 aliphatic carbocycles. The second-order valence-electron chi connectivity index (χ2n) is 8.22. The van der Waals surface area contributed by atoms with E-state index < -0.39 is 12.1 Å². The molecule has 0 radical (unpaired) electrons. The Labute approximate surface area is 189 Å². The number of amides is 1. The van der Waals surface area contributed by atoms with Gasteiger partial charge in [-0.1, -0.05) is 0 Å². The Balaban J connectivity index is 1.43. The van der Waals surface area contributed by atoms with E-state index in [2.05, 4.69) is 4.98 Å². The lowest BCUT2D eigenvalue weighted by molar-refractivity contribution is -0.152. The maximum absolute atomic E-state index is 12.8. The molecule has 2 aliphatic rings. The van der Waals surface area contributed by atoms with E-state index in [0.717, 1.165) is 30.0 Å². The van der Waals surface area contributed by atoms with Crippen molar-refractivity contribution in [1.82, 2.24) is 14.5 Å².